The average Bonchev–Trinajstić information content (AvgIpc) is 2.42. The molecule has 1 aromatic carbocycles. The van der Waals surface area contributed by atoms with Crippen LogP contribution in [0.1, 0.15) is 26.3 Å². The van der Waals surface area contributed by atoms with Crippen LogP contribution in [0.2, 0.25) is 0 Å². The Morgan fingerprint density at radius 2 is 1.95 bits per heavy atom. The van der Waals surface area contributed by atoms with Crippen molar-refractivity contribution in [3.8, 4) is 5.75 Å². The zero-order valence-electron chi connectivity index (χ0n) is 11.7. The number of hydrogen-bond acceptors (Lipinski definition) is 4. The highest BCUT2D eigenvalue weighted by Gasteiger charge is 2.08. The molecule has 0 aromatic heterocycles. The largest absolute Gasteiger partial charge is 0.491 e. The molecule has 0 unspecified atom stereocenters. The van der Waals surface area contributed by atoms with E-state index in [2.05, 4.69) is 24.3 Å². The lowest BCUT2D eigenvalue weighted by Crippen LogP contribution is -2.90. The van der Waals surface area contributed by atoms with Crippen molar-refractivity contribution in [3.05, 3.63) is 29.8 Å². The first-order valence-corrected chi connectivity index (χ1v) is 6.46. The number of nitrogens with two attached hydrogens (primary N) is 1. The maximum Gasteiger partial charge on any atom is 0.137 e. The summed E-state index contributed by atoms with van der Waals surface area (Å²) in [7, 11) is 0. The van der Waals surface area contributed by atoms with E-state index in [9.17, 15) is 5.11 Å². The summed E-state index contributed by atoms with van der Waals surface area (Å²) in [6, 6.07) is 7.69. The molecule has 0 aliphatic carbocycles. The van der Waals surface area contributed by atoms with Crippen molar-refractivity contribution in [2.45, 2.75) is 32.9 Å². The van der Waals surface area contributed by atoms with E-state index >= 15 is 0 Å². The lowest BCUT2D eigenvalue weighted by atomic mass is 10.1. The zero-order valence-corrected chi connectivity index (χ0v) is 11.7. The van der Waals surface area contributed by atoms with Crippen LogP contribution in [-0.4, -0.2) is 41.3 Å². The normalized spacial score (nSPS) is 13.6. The molecule has 0 fully saturated rings. The minimum atomic E-state index is -0.484. The van der Waals surface area contributed by atoms with Crippen molar-refractivity contribution in [3.63, 3.8) is 0 Å². The fourth-order valence-electron chi connectivity index (χ4n) is 1.54. The van der Waals surface area contributed by atoms with E-state index in [-0.39, 0.29) is 6.61 Å². The predicted molar refractivity (Wildman–Crippen MR) is 73.9 cm³/mol. The molecule has 5 heteroatoms. The van der Waals surface area contributed by atoms with E-state index < -0.39 is 6.10 Å². The van der Waals surface area contributed by atoms with Crippen LogP contribution >= 0.6 is 0 Å². The highest BCUT2D eigenvalue weighted by Crippen LogP contribution is 2.13. The van der Waals surface area contributed by atoms with Gasteiger partial charge < -0.3 is 20.4 Å². The fourth-order valence-corrected chi connectivity index (χ4v) is 1.54. The molecule has 1 atom stereocenters. The summed E-state index contributed by atoms with van der Waals surface area (Å²) in [5, 5.41) is 23.6. The minimum absolute atomic E-state index is 0.273. The van der Waals surface area contributed by atoms with Crippen LogP contribution in [0.5, 0.6) is 5.75 Å². The first-order valence-electron chi connectivity index (χ1n) is 6.46. The van der Waals surface area contributed by atoms with E-state index in [1.807, 2.05) is 12.1 Å². The van der Waals surface area contributed by atoms with Crippen LogP contribution in [0.25, 0.3) is 0 Å². The summed E-state index contributed by atoms with van der Waals surface area (Å²) in [5.74, 6) is 0.693. The second-order valence-corrected chi connectivity index (χ2v) is 4.89. The number of oxime groups is 1. The van der Waals surface area contributed by atoms with Gasteiger partial charge in [-0.15, -0.1) is 0 Å². The third-order valence-corrected chi connectivity index (χ3v) is 2.74. The van der Waals surface area contributed by atoms with Gasteiger partial charge in [0.05, 0.1) is 11.8 Å². The van der Waals surface area contributed by atoms with Crippen molar-refractivity contribution in [1.82, 2.24) is 0 Å². The lowest BCUT2D eigenvalue weighted by Gasteiger charge is -2.13. The highest BCUT2D eigenvalue weighted by molar-refractivity contribution is 5.98. The van der Waals surface area contributed by atoms with E-state index in [0.29, 0.717) is 24.0 Å². The summed E-state index contributed by atoms with van der Waals surface area (Å²) < 4.78 is 5.50. The Labute approximate surface area is 113 Å². The summed E-state index contributed by atoms with van der Waals surface area (Å²) in [6.45, 7) is 6.79. The molecule has 4 N–H and O–H groups in total. The molecular weight excluding hydrogens is 244 g/mol. The Kier molecular flexibility index (Phi) is 6.32. The average molecular weight is 267 g/mol. The molecule has 0 bridgehead atoms. The summed E-state index contributed by atoms with van der Waals surface area (Å²) in [5.41, 5.74) is 1.39. The number of hydrogen-bond donors (Lipinski definition) is 3. The molecule has 5 nitrogen and oxygen atoms in total. The van der Waals surface area contributed by atoms with Crippen molar-refractivity contribution in [2.75, 3.05) is 13.2 Å². The number of aliphatic hydroxyl groups excluding tert-OH is 1. The van der Waals surface area contributed by atoms with Gasteiger partial charge in [-0.05, 0) is 50.6 Å². The monoisotopic (exact) mass is 267 g/mol. The van der Waals surface area contributed by atoms with Gasteiger partial charge >= 0.3 is 0 Å². The van der Waals surface area contributed by atoms with E-state index in [1.54, 1.807) is 19.1 Å². The number of aliphatic hydroxyl groups is 1. The fraction of sp³-hybridized carbons (Fsp3) is 0.500. The Balaban J connectivity index is 2.41. The van der Waals surface area contributed by atoms with Gasteiger partial charge in [-0.25, -0.2) is 0 Å². The first kappa shape index (κ1) is 15.5. The molecule has 0 saturated heterocycles. The standard InChI is InChI=1S/C14H22N2O3/c1-10(2)15-8-13(17)9-19-14-6-4-12(5-7-14)11(3)16-18/h4-7,10,13,15,17-18H,8-9H2,1-3H3/p+1/b16-11+/t13-/m0/s1. The van der Waals surface area contributed by atoms with Gasteiger partial charge in [-0.3, -0.25) is 0 Å². The van der Waals surface area contributed by atoms with Gasteiger partial charge in [-0.1, -0.05) is 5.16 Å². The van der Waals surface area contributed by atoms with E-state index in [1.165, 1.54) is 0 Å². The molecule has 1 rings (SSSR count). The van der Waals surface area contributed by atoms with Gasteiger partial charge in [0.1, 0.15) is 25.0 Å². The SMILES string of the molecule is C/C(=N\O)c1ccc(OC[C@@H](O)C[NH2+]C(C)C)cc1. The smallest absolute Gasteiger partial charge is 0.137 e. The number of quaternary nitrogens is 1. The number of benzene rings is 1. The molecular formula is C14H23N2O3+. The van der Waals surface area contributed by atoms with Crippen LogP contribution in [0.15, 0.2) is 29.4 Å². The summed E-state index contributed by atoms with van der Waals surface area (Å²) >= 11 is 0. The van der Waals surface area contributed by atoms with Crippen LogP contribution in [-0.2, 0) is 0 Å². The Hall–Kier alpha value is -1.59. The molecule has 0 heterocycles. The maximum absolute atomic E-state index is 9.73. The predicted octanol–water partition coefficient (Wildman–Crippen LogP) is 0.596. The molecule has 1 aromatic rings. The Bertz CT molecular complexity index is 402. The first-order chi connectivity index (χ1) is 9.02. The Morgan fingerprint density at radius 3 is 2.47 bits per heavy atom. The van der Waals surface area contributed by atoms with Gasteiger partial charge in [0.25, 0.3) is 0 Å². The number of rotatable bonds is 7. The van der Waals surface area contributed by atoms with Gasteiger partial charge in [0.15, 0.2) is 0 Å². The molecule has 0 amide bonds. The van der Waals surface area contributed by atoms with E-state index in [4.69, 9.17) is 9.94 Å². The summed E-state index contributed by atoms with van der Waals surface area (Å²) in [4.78, 5) is 0. The maximum atomic E-state index is 9.73. The quantitative estimate of drug-likeness (QED) is 0.384. The van der Waals surface area contributed by atoms with Crippen molar-refractivity contribution in [2.24, 2.45) is 5.16 Å². The van der Waals surface area contributed by atoms with Gasteiger partial charge in [-0.2, -0.15) is 0 Å². The second kappa shape index (κ2) is 7.76. The molecule has 106 valence electrons. The highest BCUT2D eigenvalue weighted by atomic mass is 16.5. The van der Waals surface area contributed by atoms with Crippen LogP contribution in [0.4, 0.5) is 0 Å². The minimum Gasteiger partial charge on any atom is -0.491 e. The van der Waals surface area contributed by atoms with Crippen molar-refractivity contribution >= 4 is 5.71 Å². The van der Waals surface area contributed by atoms with Crippen LogP contribution in [0.3, 0.4) is 0 Å². The zero-order chi connectivity index (χ0) is 14.3. The van der Waals surface area contributed by atoms with Crippen molar-refractivity contribution in [1.29, 1.82) is 0 Å². The molecule has 0 spiro atoms. The second-order valence-electron chi connectivity index (χ2n) is 4.89. The molecule has 0 aliphatic heterocycles. The molecule has 0 saturated carbocycles. The molecule has 0 radical (unpaired) electrons. The third-order valence-electron chi connectivity index (χ3n) is 2.74. The van der Waals surface area contributed by atoms with Crippen molar-refractivity contribution < 1.29 is 20.4 Å². The van der Waals surface area contributed by atoms with Gasteiger partial charge in [0.2, 0.25) is 0 Å². The number of nitrogens with zero attached hydrogens (tertiary/aromatic N) is 1. The van der Waals surface area contributed by atoms with E-state index in [0.717, 1.165) is 5.56 Å². The molecule has 0 aliphatic rings. The number of ether oxygens (including phenoxy) is 1. The molecule has 19 heavy (non-hydrogen) atoms. The van der Waals surface area contributed by atoms with Crippen LogP contribution < -0.4 is 10.1 Å². The summed E-state index contributed by atoms with van der Waals surface area (Å²) in [6.07, 6.45) is -0.484. The van der Waals surface area contributed by atoms with Gasteiger partial charge in [0, 0.05) is 0 Å². The third kappa shape index (κ3) is 5.72. The van der Waals surface area contributed by atoms with Crippen LogP contribution in [0, 0.1) is 0 Å². The topological polar surface area (TPSA) is 78.7 Å². The lowest BCUT2D eigenvalue weighted by molar-refractivity contribution is -0.688. The Morgan fingerprint density at radius 1 is 1.32 bits per heavy atom.